The van der Waals surface area contributed by atoms with Crippen molar-refractivity contribution < 1.29 is 29.0 Å². The van der Waals surface area contributed by atoms with Gasteiger partial charge in [-0.05, 0) is 41.0 Å². The molecule has 0 aliphatic heterocycles. The third-order valence-corrected chi connectivity index (χ3v) is 6.80. The molecule has 1 unspecified atom stereocenters. The first-order chi connectivity index (χ1) is 16.5. The van der Waals surface area contributed by atoms with Gasteiger partial charge in [-0.25, -0.2) is 9.59 Å². The van der Waals surface area contributed by atoms with Gasteiger partial charge in [-0.15, -0.1) is 0 Å². The lowest BCUT2D eigenvalue weighted by molar-refractivity contribution is -0.144. The van der Waals surface area contributed by atoms with Crippen LogP contribution in [0.4, 0.5) is 4.79 Å². The zero-order chi connectivity index (χ0) is 24.1. The number of ether oxygens (including phenoxy) is 2. The number of alkyl carbamates (subject to hydrolysis) is 1. The molecular weight excluding hydrogens is 436 g/mol. The second kappa shape index (κ2) is 10.7. The number of benzene rings is 2. The van der Waals surface area contributed by atoms with Crippen LogP contribution >= 0.6 is 0 Å². The maximum atomic E-state index is 12.6. The summed E-state index contributed by atoms with van der Waals surface area (Å²) in [7, 11) is 1.39. The van der Waals surface area contributed by atoms with E-state index < -0.39 is 18.1 Å². The Bertz CT molecular complexity index is 1010. The minimum atomic E-state index is -1.14. The molecule has 0 spiro atoms. The number of methoxy groups -OCH3 is 1. The molecule has 2 aromatic carbocycles. The Kier molecular flexibility index (Phi) is 7.47. The summed E-state index contributed by atoms with van der Waals surface area (Å²) < 4.78 is 10.5. The molecule has 0 aromatic heterocycles. The van der Waals surface area contributed by atoms with Gasteiger partial charge in [0.05, 0.1) is 6.61 Å². The molecule has 0 heterocycles. The van der Waals surface area contributed by atoms with Crippen LogP contribution in [0.15, 0.2) is 48.5 Å². The van der Waals surface area contributed by atoms with E-state index in [1.165, 1.54) is 18.2 Å². The maximum Gasteiger partial charge on any atom is 0.407 e. The fourth-order valence-corrected chi connectivity index (χ4v) is 5.11. The van der Waals surface area contributed by atoms with Gasteiger partial charge in [-0.1, -0.05) is 55.0 Å². The van der Waals surface area contributed by atoms with E-state index in [1.807, 2.05) is 24.3 Å². The summed E-state index contributed by atoms with van der Waals surface area (Å²) in [5.74, 6) is -1.90. The van der Waals surface area contributed by atoms with Crippen LogP contribution < -0.4 is 10.6 Å². The smallest absolute Gasteiger partial charge is 0.407 e. The molecule has 2 aromatic rings. The molecule has 3 N–H and O–H groups in total. The van der Waals surface area contributed by atoms with Crippen molar-refractivity contribution in [2.24, 2.45) is 11.8 Å². The van der Waals surface area contributed by atoms with Crippen LogP contribution in [0.5, 0.6) is 0 Å². The highest BCUT2D eigenvalue weighted by Gasteiger charge is 2.35. The van der Waals surface area contributed by atoms with Gasteiger partial charge in [-0.3, -0.25) is 4.79 Å². The zero-order valence-electron chi connectivity index (χ0n) is 19.2. The maximum absolute atomic E-state index is 12.6. The Morgan fingerprint density at radius 2 is 1.68 bits per heavy atom. The van der Waals surface area contributed by atoms with Crippen molar-refractivity contribution in [3.63, 3.8) is 0 Å². The minimum Gasteiger partial charge on any atom is -0.480 e. The summed E-state index contributed by atoms with van der Waals surface area (Å²) >= 11 is 0. The van der Waals surface area contributed by atoms with Crippen molar-refractivity contribution in [1.29, 1.82) is 0 Å². The van der Waals surface area contributed by atoms with Gasteiger partial charge in [0.25, 0.3) is 0 Å². The quantitative estimate of drug-likeness (QED) is 0.523. The van der Waals surface area contributed by atoms with Gasteiger partial charge < -0.3 is 25.2 Å². The number of carbonyl (C=O) groups is 3. The first kappa shape index (κ1) is 23.8. The average molecular weight is 467 g/mol. The summed E-state index contributed by atoms with van der Waals surface area (Å²) in [5.41, 5.74) is 4.63. The highest BCUT2D eigenvalue weighted by molar-refractivity contribution is 5.85. The summed E-state index contributed by atoms with van der Waals surface area (Å²) in [4.78, 5) is 36.4. The number of aliphatic carboxylic acids is 1. The Hall–Kier alpha value is -3.39. The van der Waals surface area contributed by atoms with E-state index in [0.29, 0.717) is 13.0 Å². The Labute approximate surface area is 198 Å². The number of carboxylic acid groups (broad SMARTS) is 1. The Morgan fingerprint density at radius 3 is 2.29 bits per heavy atom. The third kappa shape index (κ3) is 5.07. The van der Waals surface area contributed by atoms with E-state index in [1.54, 1.807) is 0 Å². The highest BCUT2D eigenvalue weighted by Crippen LogP contribution is 2.44. The molecule has 3 atom stereocenters. The molecule has 2 aliphatic rings. The van der Waals surface area contributed by atoms with Gasteiger partial charge in [-0.2, -0.15) is 0 Å². The van der Waals surface area contributed by atoms with Crippen LogP contribution in [-0.4, -0.2) is 56.0 Å². The van der Waals surface area contributed by atoms with Gasteiger partial charge in [0.15, 0.2) is 6.04 Å². The first-order valence-corrected chi connectivity index (χ1v) is 11.6. The predicted octanol–water partition coefficient (Wildman–Crippen LogP) is 3.16. The summed E-state index contributed by atoms with van der Waals surface area (Å²) in [6.07, 6.45) is 1.76. The fourth-order valence-electron chi connectivity index (χ4n) is 5.11. The van der Waals surface area contributed by atoms with Crippen molar-refractivity contribution in [1.82, 2.24) is 10.6 Å². The second-order valence-corrected chi connectivity index (χ2v) is 8.86. The van der Waals surface area contributed by atoms with E-state index in [-0.39, 0.29) is 36.9 Å². The second-order valence-electron chi connectivity index (χ2n) is 8.86. The van der Waals surface area contributed by atoms with Crippen LogP contribution in [0.1, 0.15) is 36.3 Å². The molecule has 1 fully saturated rings. The van der Waals surface area contributed by atoms with Crippen molar-refractivity contribution in [2.75, 3.05) is 26.9 Å². The summed E-state index contributed by atoms with van der Waals surface area (Å²) in [6.45, 7) is 0.430. The SMILES string of the molecule is COCC(NC(=O)[C@@H]1CCC[C@@H]1CNC(=O)OCC1c2ccccc2-c2ccccc21)C(=O)O. The topological polar surface area (TPSA) is 114 Å². The molecule has 0 saturated heterocycles. The molecule has 2 amide bonds. The largest absolute Gasteiger partial charge is 0.480 e. The number of hydrogen-bond donors (Lipinski definition) is 3. The van der Waals surface area contributed by atoms with E-state index in [2.05, 4.69) is 34.9 Å². The van der Waals surface area contributed by atoms with Gasteiger partial charge in [0.2, 0.25) is 5.91 Å². The molecule has 0 bridgehead atoms. The van der Waals surface area contributed by atoms with Gasteiger partial charge >= 0.3 is 12.1 Å². The van der Waals surface area contributed by atoms with Crippen molar-refractivity contribution >= 4 is 18.0 Å². The van der Waals surface area contributed by atoms with Gasteiger partial charge in [0.1, 0.15) is 6.61 Å². The number of fused-ring (bicyclic) bond motifs is 3. The predicted molar refractivity (Wildman–Crippen MR) is 125 cm³/mol. The van der Waals surface area contributed by atoms with Crippen LogP contribution in [0.25, 0.3) is 11.1 Å². The molecule has 4 rings (SSSR count). The normalized spacial score (nSPS) is 19.7. The molecule has 8 nitrogen and oxygen atoms in total. The van der Waals surface area contributed by atoms with Crippen LogP contribution in [0.3, 0.4) is 0 Å². The molecule has 8 heteroatoms. The molecule has 2 aliphatic carbocycles. The number of carbonyl (C=O) groups excluding carboxylic acids is 2. The standard InChI is InChI=1S/C26H30N2O6/c1-33-15-23(25(30)31)28-24(29)17-12-6-7-16(17)13-27-26(32)34-14-22-20-10-4-2-8-18(20)19-9-3-5-11-21(19)22/h2-5,8-11,16-17,22-23H,6-7,12-15H2,1H3,(H,27,32)(H,28,29)(H,30,31)/t16-,17-,23?/m1/s1. The average Bonchev–Trinajstić information content (AvgIpc) is 3.44. The first-order valence-electron chi connectivity index (χ1n) is 11.6. The molecule has 0 radical (unpaired) electrons. The highest BCUT2D eigenvalue weighted by atomic mass is 16.5. The number of carboxylic acids is 1. The van der Waals surface area contributed by atoms with E-state index in [0.717, 1.165) is 24.0 Å². The van der Waals surface area contributed by atoms with E-state index in [4.69, 9.17) is 9.47 Å². The van der Waals surface area contributed by atoms with Crippen LogP contribution in [0.2, 0.25) is 0 Å². The summed E-state index contributed by atoms with van der Waals surface area (Å²) in [5, 5.41) is 14.6. The number of nitrogens with one attached hydrogen (secondary N) is 2. The molecular formula is C26H30N2O6. The Morgan fingerprint density at radius 1 is 1.03 bits per heavy atom. The van der Waals surface area contributed by atoms with Crippen molar-refractivity contribution in [3.8, 4) is 11.1 Å². The lowest BCUT2D eigenvalue weighted by Gasteiger charge is -2.22. The molecule has 180 valence electrons. The fraction of sp³-hybridized carbons (Fsp3) is 0.423. The van der Waals surface area contributed by atoms with Gasteiger partial charge in [0, 0.05) is 25.5 Å². The number of amides is 2. The van der Waals surface area contributed by atoms with Crippen molar-refractivity contribution in [2.45, 2.75) is 31.2 Å². The minimum absolute atomic E-state index is 0.0168. The van der Waals surface area contributed by atoms with Crippen molar-refractivity contribution in [3.05, 3.63) is 59.7 Å². The zero-order valence-corrected chi connectivity index (χ0v) is 19.2. The number of hydrogen-bond acceptors (Lipinski definition) is 5. The van der Waals surface area contributed by atoms with Crippen LogP contribution in [-0.2, 0) is 19.1 Å². The Balaban J connectivity index is 1.30. The lowest BCUT2D eigenvalue weighted by Crippen LogP contribution is -2.47. The van der Waals surface area contributed by atoms with E-state index >= 15 is 0 Å². The molecule has 1 saturated carbocycles. The number of rotatable bonds is 9. The third-order valence-electron chi connectivity index (χ3n) is 6.80. The van der Waals surface area contributed by atoms with Crippen LogP contribution in [0, 0.1) is 11.8 Å². The lowest BCUT2D eigenvalue weighted by atomic mass is 9.95. The monoisotopic (exact) mass is 466 g/mol. The van der Waals surface area contributed by atoms with E-state index in [9.17, 15) is 19.5 Å². The summed E-state index contributed by atoms with van der Waals surface area (Å²) in [6, 6.07) is 15.2. The molecule has 34 heavy (non-hydrogen) atoms.